The van der Waals surface area contributed by atoms with Crippen molar-refractivity contribution in [3.8, 4) is 22.3 Å². The van der Waals surface area contributed by atoms with Crippen molar-refractivity contribution >= 4 is 63.2 Å². The van der Waals surface area contributed by atoms with Crippen LogP contribution in [-0.4, -0.2) is 43.1 Å². The van der Waals surface area contributed by atoms with E-state index in [0.717, 1.165) is 17.7 Å². The predicted molar refractivity (Wildman–Crippen MR) is 249 cm³/mol. The highest BCUT2D eigenvalue weighted by Gasteiger charge is 2.35. The largest absolute Gasteiger partial charge is 0.431 e. The number of aromatic amines is 2. The molecule has 0 bridgehead atoms. The molecule has 0 radical (unpaired) electrons. The number of halogens is 6. The SMILES string of the molecule is O=C(NCc1ccccc1)ONC(=O)c1cccc(Nc2nc3cc(-c4ccccc4)c(C(F)(F)F)cc3[nH]2)c1.O=C(NO)c1cccc(Nc2nc3cc(-c4ccccc4)c(C(F)(F)F)cc3[nH]2)c1. The van der Waals surface area contributed by atoms with Crippen LogP contribution >= 0.6 is 0 Å². The molecule has 7 aromatic carbocycles. The van der Waals surface area contributed by atoms with Crippen molar-refractivity contribution in [2.75, 3.05) is 10.6 Å². The number of H-pyrrole nitrogens is 2. The van der Waals surface area contributed by atoms with Gasteiger partial charge in [0.15, 0.2) is 0 Å². The van der Waals surface area contributed by atoms with Crippen molar-refractivity contribution in [1.82, 2.24) is 36.2 Å². The van der Waals surface area contributed by atoms with Gasteiger partial charge in [0.2, 0.25) is 11.9 Å². The lowest BCUT2D eigenvalue weighted by molar-refractivity contribution is -0.137. The maximum Gasteiger partial charge on any atom is 0.431 e. The summed E-state index contributed by atoms with van der Waals surface area (Å²) in [4.78, 5) is 55.1. The number of imidazole rings is 2. The Morgan fingerprint density at radius 1 is 0.543 bits per heavy atom. The summed E-state index contributed by atoms with van der Waals surface area (Å²) in [5, 5.41) is 17.1. The molecule has 8 N–H and O–H groups in total. The van der Waals surface area contributed by atoms with Gasteiger partial charge < -0.3 is 30.8 Å². The van der Waals surface area contributed by atoms with Gasteiger partial charge in [-0.2, -0.15) is 31.8 Å². The molecular weight excluding hydrogens is 921 g/mol. The molecule has 3 amide bonds. The van der Waals surface area contributed by atoms with Crippen molar-refractivity contribution < 1.29 is 50.8 Å². The first-order valence-corrected chi connectivity index (χ1v) is 20.9. The van der Waals surface area contributed by atoms with E-state index in [2.05, 4.69) is 41.4 Å². The molecule has 0 saturated carbocycles. The maximum atomic E-state index is 13.8. The monoisotopic (exact) mass is 957 g/mol. The molecule has 2 aromatic heterocycles. The van der Waals surface area contributed by atoms with Gasteiger partial charge in [-0.25, -0.2) is 20.2 Å². The zero-order chi connectivity index (χ0) is 49.4. The number of hydroxylamine groups is 2. The number of hydrogen-bond donors (Lipinski definition) is 8. The summed E-state index contributed by atoms with van der Waals surface area (Å²) in [7, 11) is 0. The quantitative estimate of drug-likeness (QED) is 0.0373. The Morgan fingerprint density at radius 2 is 0.986 bits per heavy atom. The third-order valence-electron chi connectivity index (χ3n) is 10.4. The van der Waals surface area contributed by atoms with E-state index in [-0.39, 0.29) is 51.7 Å². The molecule has 2 heterocycles. The summed E-state index contributed by atoms with van der Waals surface area (Å²) in [6.07, 6.45) is -9.94. The number of alkyl halides is 6. The van der Waals surface area contributed by atoms with E-state index in [0.29, 0.717) is 33.5 Å². The number of amides is 3. The van der Waals surface area contributed by atoms with Gasteiger partial charge in [0, 0.05) is 29.0 Å². The third kappa shape index (κ3) is 11.5. The number of carbonyl (C=O) groups is 3. The Balaban J connectivity index is 0.000000196. The van der Waals surface area contributed by atoms with Crippen molar-refractivity contribution in [3.63, 3.8) is 0 Å². The zero-order valence-corrected chi connectivity index (χ0v) is 36.0. The van der Waals surface area contributed by atoms with Crippen LogP contribution in [0, 0.1) is 0 Å². The number of benzene rings is 7. The van der Waals surface area contributed by atoms with Crippen LogP contribution in [0.25, 0.3) is 44.3 Å². The van der Waals surface area contributed by atoms with Crippen LogP contribution in [-0.2, 0) is 23.7 Å². The molecule has 9 aromatic rings. The maximum absolute atomic E-state index is 13.8. The normalized spacial score (nSPS) is 11.3. The standard InChI is InChI=1S/C29H22F3N5O3.C21H15F3N4O2/c30-29(31,32)23-16-25-24(15-22(23)19-10-5-2-6-11-19)35-27(36-25)34-21-13-7-12-20(14-21)26(38)37-40-28(39)33-17-18-8-3-1-4-9-18;22-21(23,24)16-11-18-17(10-15(16)12-5-2-1-3-6-12)26-20(27-18)25-14-8-4-7-13(9-14)19(29)28-30/h1-16H,17H2,(H,33,39)(H,37,38)(H2,34,35,36);1-11,30H,(H,28,29)(H2,25,26,27). The van der Waals surface area contributed by atoms with Gasteiger partial charge in [-0.05, 0) is 88.5 Å². The van der Waals surface area contributed by atoms with E-state index < -0.39 is 41.4 Å². The molecule has 0 spiro atoms. The van der Waals surface area contributed by atoms with Gasteiger partial charge in [-0.15, -0.1) is 0 Å². The first-order chi connectivity index (χ1) is 33.6. The van der Waals surface area contributed by atoms with Gasteiger partial charge >= 0.3 is 18.4 Å². The molecule has 0 saturated heterocycles. The second kappa shape index (κ2) is 20.4. The summed E-state index contributed by atoms with van der Waals surface area (Å²) in [5.74, 6) is -0.969. The van der Waals surface area contributed by atoms with E-state index in [1.54, 1.807) is 84.9 Å². The Morgan fingerprint density at radius 3 is 1.43 bits per heavy atom. The smallest absolute Gasteiger partial charge is 0.326 e. The van der Waals surface area contributed by atoms with Crippen molar-refractivity contribution in [2.45, 2.75) is 18.9 Å². The molecule has 70 heavy (non-hydrogen) atoms. The van der Waals surface area contributed by atoms with Crippen LogP contribution in [0.2, 0.25) is 0 Å². The van der Waals surface area contributed by atoms with Crippen LogP contribution in [0.4, 0.5) is 54.4 Å². The van der Waals surface area contributed by atoms with Crippen LogP contribution < -0.4 is 26.9 Å². The lowest BCUT2D eigenvalue weighted by atomic mass is 9.98. The number of anilines is 4. The third-order valence-corrected chi connectivity index (χ3v) is 10.4. The molecule has 354 valence electrons. The van der Waals surface area contributed by atoms with Crippen LogP contribution in [0.1, 0.15) is 37.4 Å². The van der Waals surface area contributed by atoms with Crippen molar-refractivity contribution in [2.24, 2.45) is 0 Å². The highest BCUT2D eigenvalue weighted by Crippen LogP contribution is 2.41. The minimum Gasteiger partial charge on any atom is -0.326 e. The van der Waals surface area contributed by atoms with Crippen LogP contribution in [0.5, 0.6) is 0 Å². The van der Waals surface area contributed by atoms with E-state index in [1.807, 2.05) is 30.3 Å². The fraction of sp³-hybridized carbons (Fsp3) is 0.0600. The van der Waals surface area contributed by atoms with E-state index >= 15 is 0 Å². The fourth-order valence-electron chi connectivity index (χ4n) is 7.19. The Kier molecular flexibility index (Phi) is 13.8. The summed E-state index contributed by atoms with van der Waals surface area (Å²) in [5.41, 5.74) is 6.21. The topological polar surface area (TPSA) is 198 Å². The van der Waals surface area contributed by atoms with Gasteiger partial charge in [-0.3, -0.25) is 14.8 Å². The minimum absolute atomic E-state index is 0.0186. The Labute approximate surface area is 392 Å². The number of carbonyl (C=O) groups excluding carboxylic acids is 3. The molecule has 0 aliphatic rings. The molecule has 9 rings (SSSR count). The molecule has 0 fully saturated rings. The van der Waals surface area contributed by atoms with Gasteiger partial charge in [-0.1, -0.05) is 103 Å². The molecule has 0 atom stereocenters. The number of rotatable bonds is 10. The number of aromatic nitrogens is 4. The molecule has 0 aliphatic carbocycles. The number of hydrogen-bond acceptors (Lipinski definition) is 9. The number of nitrogens with one attached hydrogen (secondary N) is 7. The summed E-state index contributed by atoms with van der Waals surface area (Å²) in [6.45, 7) is 0.226. The first-order valence-electron chi connectivity index (χ1n) is 20.9. The van der Waals surface area contributed by atoms with Gasteiger partial charge in [0.05, 0.1) is 33.2 Å². The molecular formula is C50H37F6N9O5. The van der Waals surface area contributed by atoms with Gasteiger partial charge in [0.1, 0.15) is 0 Å². The lowest BCUT2D eigenvalue weighted by Gasteiger charge is -2.13. The average Bonchev–Trinajstić information content (AvgIpc) is 3.96. The van der Waals surface area contributed by atoms with Crippen LogP contribution in [0.3, 0.4) is 0 Å². The van der Waals surface area contributed by atoms with Crippen LogP contribution in [0.15, 0.2) is 164 Å². The minimum atomic E-state index is -4.57. The average molecular weight is 958 g/mol. The molecule has 20 heteroatoms. The number of fused-ring (bicyclic) bond motifs is 2. The molecule has 0 unspecified atom stereocenters. The van der Waals surface area contributed by atoms with Crippen molar-refractivity contribution in [1.29, 1.82) is 0 Å². The number of nitrogens with zero attached hydrogens (tertiary/aromatic N) is 2. The summed E-state index contributed by atoms with van der Waals surface area (Å²) < 4.78 is 82.5. The Hall–Kier alpha value is -9.17. The zero-order valence-electron chi connectivity index (χ0n) is 36.0. The highest BCUT2D eigenvalue weighted by atomic mass is 19.4. The molecule has 14 nitrogen and oxygen atoms in total. The predicted octanol–water partition coefficient (Wildman–Crippen LogP) is 11.7. The lowest BCUT2D eigenvalue weighted by Crippen LogP contribution is -2.33. The van der Waals surface area contributed by atoms with Crippen molar-refractivity contribution in [3.05, 3.63) is 192 Å². The van der Waals surface area contributed by atoms with E-state index in [1.165, 1.54) is 41.9 Å². The molecule has 0 aliphatic heterocycles. The second-order valence-electron chi connectivity index (χ2n) is 15.2. The second-order valence-corrected chi connectivity index (χ2v) is 15.2. The summed E-state index contributed by atoms with van der Waals surface area (Å²) >= 11 is 0. The Bertz CT molecular complexity index is 3310. The first kappa shape index (κ1) is 47.3. The van der Waals surface area contributed by atoms with E-state index in [4.69, 9.17) is 10.0 Å². The van der Waals surface area contributed by atoms with Gasteiger partial charge in [0.25, 0.3) is 11.8 Å². The van der Waals surface area contributed by atoms with E-state index in [9.17, 15) is 40.7 Å². The summed E-state index contributed by atoms with van der Waals surface area (Å²) in [6, 6.07) is 43.0. The highest BCUT2D eigenvalue weighted by molar-refractivity contribution is 5.96. The fourth-order valence-corrected chi connectivity index (χ4v) is 7.19.